The van der Waals surface area contributed by atoms with Crippen molar-refractivity contribution in [3.63, 3.8) is 0 Å². The van der Waals surface area contributed by atoms with Crippen molar-refractivity contribution in [1.82, 2.24) is 9.88 Å². The highest BCUT2D eigenvalue weighted by Crippen LogP contribution is 2.31. The molecule has 1 aliphatic rings. The van der Waals surface area contributed by atoms with E-state index in [1.54, 1.807) is 30.7 Å². The van der Waals surface area contributed by atoms with E-state index in [9.17, 15) is 9.59 Å². The van der Waals surface area contributed by atoms with E-state index in [0.717, 1.165) is 17.8 Å². The Morgan fingerprint density at radius 1 is 1.33 bits per heavy atom. The molecule has 0 N–H and O–H groups in total. The van der Waals surface area contributed by atoms with Gasteiger partial charge in [-0.2, -0.15) is 0 Å². The number of aromatic nitrogens is 1. The van der Waals surface area contributed by atoms with E-state index in [1.807, 2.05) is 11.0 Å². The Kier molecular flexibility index (Phi) is 4.80. The standard InChI is InChI=1S/C17H18N2O4S/c1-22-13-5-3-4-11(8-13)16(20)19(12-6-7-12)9-15-18-14(10-24-15)17(21)23-2/h3-5,8,10,12H,6-7,9H2,1-2H3. The Balaban J connectivity index is 1.78. The van der Waals surface area contributed by atoms with Crippen molar-refractivity contribution in [2.24, 2.45) is 0 Å². The SMILES string of the molecule is COC(=O)c1csc(CN(C(=O)c2cccc(OC)c2)C2CC2)n1. The fraction of sp³-hybridized carbons (Fsp3) is 0.353. The predicted octanol–water partition coefficient (Wildman–Crippen LogP) is 2.74. The molecule has 1 aromatic carbocycles. The number of carbonyl (C=O) groups is 2. The summed E-state index contributed by atoms with van der Waals surface area (Å²) in [6.45, 7) is 0.391. The fourth-order valence-electron chi connectivity index (χ4n) is 2.40. The summed E-state index contributed by atoms with van der Waals surface area (Å²) in [5.74, 6) is 0.139. The largest absolute Gasteiger partial charge is 0.497 e. The van der Waals surface area contributed by atoms with Gasteiger partial charge in [-0.25, -0.2) is 9.78 Å². The quantitative estimate of drug-likeness (QED) is 0.752. The second-order valence-electron chi connectivity index (χ2n) is 5.51. The number of rotatable bonds is 6. The number of thiazole rings is 1. The van der Waals surface area contributed by atoms with Gasteiger partial charge in [0.05, 0.1) is 20.8 Å². The molecule has 0 bridgehead atoms. The first-order valence-electron chi connectivity index (χ1n) is 7.60. The number of carbonyl (C=O) groups excluding carboxylic acids is 2. The van der Waals surface area contributed by atoms with E-state index in [0.29, 0.717) is 17.9 Å². The molecule has 2 aromatic rings. The molecule has 1 heterocycles. The fourth-order valence-corrected chi connectivity index (χ4v) is 3.16. The zero-order valence-corrected chi connectivity index (χ0v) is 14.3. The van der Waals surface area contributed by atoms with Crippen LogP contribution in [0.15, 0.2) is 29.6 Å². The number of benzene rings is 1. The first-order chi connectivity index (χ1) is 11.6. The molecule has 7 heteroatoms. The summed E-state index contributed by atoms with van der Waals surface area (Å²) in [4.78, 5) is 30.4. The minimum Gasteiger partial charge on any atom is -0.497 e. The smallest absolute Gasteiger partial charge is 0.357 e. The topological polar surface area (TPSA) is 68.7 Å². The van der Waals surface area contributed by atoms with Gasteiger partial charge in [0.25, 0.3) is 5.91 Å². The number of esters is 1. The van der Waals surface area contributed by atoms with Gasteiger partial charge in [0, 0.05) is 17.0 Å². The van der Waals surface area contributed by atoms with Crippen molar-refractivity contribution in [3.8, 4) is 5.75 Å². The predicted molar refractivity (Wildman–Crippen MR) is 89.3 cm³/mol. The van der Waals surface area contributed by atoms with Gasteiger partial charge in [-0.1, -0.05) is 6.07 Å². The van der Waals surface area contributed by atoms with Gasteiger partial charge in [-0.15, -0.1) is 11.3 Å². The molecule has 1 saturated carbocycles. The average Bonchev–Trinajstić information content (AvgIpc) is 3.36. The van der Waals surface area contributed by atoms with E-state index in [4.69, 9.17) is 4.74 Å². The lowest BCUT2D eigenvalue weighted by atomic mass is 10.2. The summed E-state index contributed by atoms with van der Waals surface area (Å²) in [6.07, 6.45) is 1.98. The molecule has 0 radical (unpaired) electrons. The minimum atomic E-state index is -0.463. The number of hydrogen-bond donors (Lipinski definition) is 0. The van der Waals surface area contributed by atoms with Crippen LogP contribution in [-0.4, -0.2) is 42.0 Å². The maximum atomic E-state index is 12.9. The minimum absolute atomic E-state index is 0.0498. The molecule has 6 nitrogen and oxygen atoms in total. The number of ether oxygens (including phenoxy) is 2. The molecule has 1 aromatic heterocycles. The average molecular weight is 346 g/mol. The molecule has 24 heavy (non-hydrogen) atoms. The van der Waals surface area contributed by atoms with Gasteiger partial charge < -0.3 is 14.4 Å². The Morgan fingerprint density at radius 3 is 2.79 bits per heavy atom. The second kappa shape index (κ2) is 7.00. The van der Waals surface area contributed by atoms with Crippen LogP contribution in [0.25, 0.3) is 0 Å². The molecule has 3 rings (SSSR count). The zero-order valence-electron chi connectivity index (χ0n) is 13.5. The monoisotopic (exact) mass is 346 g/mol. The lowest BCUT2D eigenvalue weighted by Crippen LogP contribution is -2.32. The summed E-state index contributed by atoms with van der Waals surface area (Å²) >= 11 is 1.36. The summed E-state index contributed by atoms with van der Waals surface area (Å²) in [5, 5.41) is 2.38. The van der Waals surface area contributed by atoms with Crippen LogP contribution in [0.5, 0.6) is 5.75 Å². The number of methoxy groups -OCH3 is 2. The Hall–Kier alpha value is -2.41. The van der Waals surface area contributed by atoms with Crippen LogP contribution >= 0.6 is 11.3 Å². The van der Waals surface area contributed by atoms with Crippen molar-refractivity contribution < 1.29 is 19.1 Å². The highest BCUT2D eigenvalue weighted by Gasteiger charge is 2.34. The summed E-state index contributed by atoms with van der Waals surface area (Å²) in [7, 11) is 2.90. The maximum Gasteiger partial charge on any atom is 0.357 e. The van der Waals surface area contributed by atoms with Gasteiger partial charge in [-0.3, -0.25) is 4.79 Å². The van der Waals surface area contributed by atoms with Crippen LogP contribution in [-0.2, 0) is 11.3 Å². The van der Waals surface area contributed by atoms with E-state index in [2.05, 4.69) is 9.72 Å². The highest BCUT2D eigenvalue weighted by molar-refractivity contribution is 7.09. The van der Waals surface area contributed by atoms with Gasteiger partial charge in [0.1, 0.15) is 10.8 Å². The lowest BCUT2D eigenvalue weighted by Gasteiger charge is -2.21. The van der Waals surface area contributed by atoms with E-state index >= 15 is 0 Å². The van der Waals surface area contributed by atoms with Crippen LogP contribution in [0.1, 0.15) is 38.7 Å². The normalized spacial score (nSPS) is 13.4. The van der Waals surface area contributed by atoms with E-state index in [-0.39, 0.29) is 17.6 Å². The second-order valence-corrected chi connectivity index (χ2v) is 6.46. The summed E-state index contributed by atoms with van der Waals surface area (Å²) in [6, 6.07) is 7.35. The van der Waals surface area contributed by atoms with Crippen molar-refractivity contribution in [3.05, 3.63) is 45.9 Å². The molecule has 0 spiro atoms. The zero-order chi connectivity index (χ0) is 17.1. The Labute approximate surface area is 144 Å². The number of hydrogen-bond acceptors (Lipinski definition) is 6. The Bertz CT molecular complexity index is 755. The van der Waals surface area contributed by atoms with E-state index in [1.165, 1.54) is 18.4 Å². The molecule has 0 saturated heterocycles. The molecule has 1 amide bonds. The third-order valence-electron chi connectivity index (χ3n) is 3.82. The first kappa shape index (κ1) is 16.4. The van der Waals surface area contributed by atoms with Gasteiger partial charge in [0.2, 0.25) is 0 Å². The number of amides is 1. The third-order valence-corrected chi connectivity index (χ3v) is 4.65. The van der Waals surface area contributed by atoms with Crippen LogP contribution in [0.3, 0.4) is 0 Å². The molecular formula is C17H18N2O4S. The van der Waals surface area contributed by atoms with Crippen molar-refractivity contribution in [1.29, 1.82) is 0 Å². The van der Waals surface area contributed by atoms with Crippen LogP contribution in [0.2, 0.25) is 0 Å². The summed E-state index contributed by atoms with van der Waals surface area (Å²) in [5.41, 5.74) is 0.869. The molecule has 1 fully saturated rings. The first-order valence-corrected chi connectivity index (χ1v) is 8.48. The van der Waals surface area contributed by atoms with E-state index < -0.39 is 5.97 Å². The van der Waals surface area contributed by atoms with Crippen molar-refractivity contribution in [2.45, 2.75) is 25.4 Å². The van der Waals surface area contributed by atoms with Gasteiger partial charge >= 0.3 is 5.97 Å². The molecule has 1 aliphatic carbocycles. The van der Waals surface area contributed by atoms with Crippen LogP contribution in [0, 0.1) is 0 Å². The number of nitrogens with zero attached hydrogens (tertiary/aromatic N) is 2. The molecular weight excluding hydrogens is 328 g/mol. The molecule has 0 aliphatic heterocycles. The van der Waals surface area contributed by atoms with Crippen molar-refractivity contribution in [2.75, 3.05) is 14.2 Å². The maximum absolute atomic E-state index is 12.9. The van der Waals surface area contributed by atoms with Crippen molar-refractivity contribution >= 4 is 23.2 Å². The lowest BCUT2D eigenvalue weighted by molar-refractivity contribution is 0.0594. The van der Waals surface area contributed by atoms with Crippen LogP contribution < -0.4 is 4.74 Å². The van der Waals surface area contributed by atoms with Gasteiger partial charge in [0.15, 0.2) is 5.69 Å². The Morgan fingerprint density at radius 2 is 2.12 bits per heavy atom. The van der Waals surface area contributed by atoms with Crippen LogP contribution in [0.4, 0.5) is 0 Å². The highest BCUT2D eigenvalue weighted by atomic mass is 32.1. The van der Waals surface area contributed by atoms with Gasteiger partial charge in [-0.05, 0) is 31.0 Å². The third kappa shape index (κ3) is 3.56. The summed E-state index contributed by atoms with van der Waals surface area (Å²) < 4.78 is 9.86. The molecule has 0 unspecified atom stereocenters. The molecule has 0 atom stereocenters. The molecule has 126 valence electrons.